The molecule has 0 bridgehead atoms. The molecule has 0 aliphatic carbocycles. The highest BCUT2D eigenvalue weighted by molar-refractivity contribution is 7.91. The first-order chi connectivity index (χ1) is 12.8. The number of sulfone groups is 1. The summed E-state index contributed by atoms with van der Waals surface area (Å²) in [4.78, 5) is 29.7. The fourth-order valence-electron chi connectivity index (χ4n) is 3.52. The molecule has 1 N–H and O–H groups in total. The van der Waals surface area contributed by atoms with Crippen LogP contribution in [0.3, 0.4) is 0 Å². The maximum atomic E-state index is 12.7. The lowest BCUT2D eigenvalue weighted by Crippen LogP contribution is -2.48. The van der Waals surface area contributed by atoms with Crippen molar-refractivity contribution >= 4 is 32.6 Å². The summed E-state index contributed by atoms with van der Waals surface area (Å²) >= 11 is 0. The molecule has 8 heteroatoms. The van der Waals surface area contributed by atoms with Gasteiger partial charge in [-0.05, 0) is 25.8 Å². The van der Waals surface area contributed by atoms with E-state index in [0.29, 0.717) is 18.4 Å². The maximum absolute atomic E-state index is 12.7. The Morgan fingerprint density at radius 1 is 1.33 bits per heavy atom. The van der Waals surface area contributed by atoms with Crippen LogP contribution in [0, 0.1) is 0 Å². The lowest BCUT2D eigenvalue weighted by atomic mass is 10.1. The molecule has 2 aromatic rings. The second kappa shape index (κ2) is 7.72. The number of amides is 1. The van der Waals surface area contributed by atoms with Crippen molar-refractivity contribution in [1.29, 1.82) is 0 Å². The second-order valence-corrected chi connectivity index (χ2v) is 9.17. The number of para-hydroxylation sites is 1. The molecule has 2 atom stereocenters. The van der Waals surface area contributed by atoms with Gasteiger partial charge in [-0.1, -0.05) is 25.1 Å². The highest BCUT2D eigenvalue weighted by Crippen LogP contribution is 2.22. The van der Waals surface area contributed by atoms with Gasteiger partial charge in [0.25, 0.3) is 5.91 Å². The van der Waals surface area contributed by atoms with Gasteiger partial charge >= 0.3 is 5.97 Å². The molecule has 1 amide bonds. The van der Waals surface area contributed by atoms with Gasteiger partial charge in [0.2, 0.25) is 0 Å². The first-order valence-electron chi connectivity index (χ1n) is 9.07. The zero-order valence-corrected chi connectivity index (χ0v) is 16.3. The first-order valence-corrected chi connectivity index (χ1v) is 10.9. The number of carbonyl (C=O) groups is 2. The molecule has 146 valence electrons. The van der Waals surface area contributed by atoms with Crippen molar-refractivity contribution in [2.24, 2.45) is 0 Å². The number of nitrogens with zero attached hydrogens (tertiary/aromatic N) is 1. The van der Waals surface area contributed by atoms with Crippen LogP contribution in [0.15, 0.2) is 30.5 Å². The molecule has 2 heterocycles. The van der Waals surface area contributed by atoms with Crippen LogP contribution >= 0.6 is 0 Å². The number of carbonyl (C=O) groups excluding carboxylic acids is 2. The summed E-state index contributed by atoms with van der Waals surface area (Å²) in [6.07, 6.45) is 2.68. The van der Waals surface area contributed by atoms with E-state index in [2.05, 4.69) is 4.98 Å². The number of hydrogen-bond donors (Lipinski definition) is 1. The summed E-state index contributed by atoms with van der Waals surface area (Å²) < 4.78 is 28.8. The van der Waals surface area contributed by atoms with E-state index in [1.54, 1.807) is 17.2 Å². The van der Waals surface area contributed by atoms with Gasteiger partial charge in [-0.25, -0.2) is 13.2 Å². The predicted molar refractivity (Wildman–Crippen MR) is 102 cm³/mol. The number of hydrogen-bond acceptors (Lipinski definition) is 5. The molecule has 0 unspecified atom stereocenters. The van der Waals surface area contributed by atoms with Gasteiger partial charge in [0.15, 0.2) is 16.4 Å². The Kier molecular flexibility index (Phi) is 5.55. The van der Waals surface area contributed by atoms with Crippen molar-refractivity contribution in [3.05, 3.63) is 36.0 Å². The Balaban J connectivity index is 1.69. The van der Waals surface area contributed by atoms with E-state index in [1.165, 1.54) is 0 Å². The van der Waals surface area contributed by atoms with Gasteiger partial charge in [-0.15, -0.1) is 0 Å². The molecule has 1 aromatic carbocycles. The zero-order valence-electron chi connectivity index (χ0n) is 15.5. The van der Waals surface area contributed by atoms with Crippen molar-refractivity contribution in [3.8, 4) is 0 Å². The summed E-state index contributed by atoms with van der Waals surface area (Å²) in [5.74, 6) is -0.879. The van der Waals surface area contributed by atoms with Crippen molar-refractivity contribution in [3.63, 3.8) is 0 Å². The molecular weight excluding hydrogens is 368 g/mol. The fourth-order valence-corrected chi connectivity index (χ4v) is 5.23. The Bertz CT molecular complexity index is 950. The molecule has 1 aromatic heterocycles. The van der Waals surface area contributed by atoms with Gasteiger partial charge in [-0.2, -0.15) is 0 Å². The number of fused-ring (bicyclic) bond motifs is 1. The third-order valence-corrected chi connectivity index (χ3v) is 6.84. The van der Waals surface area contributed by atoms with Gasteiger partial charge in [0.1, 0.15) is 0 Å². The molecular formula is C19H24N2O5S. The van der Waals surface area contributed by atoms with Gasteiger partial charge in [0, 0.05) is 29.2 Å². The van der Waals surface area contributed by atoms with Gasteiger partial charge in [-0.3, -0.25) is 4.79 Å². The maximum Gasteiger partial charge on any atom is 0.340 e. The van der Waals surface area contributed by atoms with Crippen LogP contribution in [-0.4, -0.2) is 60.4 Å². The summed E-state index contributed by atoms with van der Waals surface area (Å²) in [5.41, 5.74) is 1.19. The van der Waals surface area contributed by atoms with Crippen molar-refractivity contribution in [1.82, 2.24) is 9.88 Å². The number of aromatic amines is 1. The molecule has 7 nitrogen and oxygen atoms in total. The van der Waals surface area contributed by atoms with E-state index >= 15 is 0 Å². The van der Waals surface area contributed by atoms with Crippen LogP contribution in [0.2, 0.25) is 0 Å². The van der Waals surface area contributed by atoms with Gasteiger partial charge in [0.05, 0.1) is 17.1 Å². The topological polar surface area (TPSA) is 96.5 Å². The van der Waals surface area contributed by atoms with Crippen LogP contribution in [0.1, 0.15) is 37.0 Å². The Hall–Kier alpha value is -2.35. The zero-order chi connectivity index (χ0) is 19.6. The SMILES string of the molecule is CC[C@@H](C)N(C(=O)COC(=O)c1c[nH]c2ccccc12)[C@H]1CCS(=O)(=O)C1. The number of aromatic nitrogens is 1. The van der Waals surface area contributed by atoms with Crippen LogP contribution < -0.4 is 0 Å². The molecule has 0 spiro atoms. The molecule has 1 saturated heterocycles. The smallest absolute Gasteiger partial charge is 0.340 e. The van der Waals surface area contributed by atoms with Crippen molar-refractivity contribution in [2.45, 2.75) is 38.8 Å². The second-order valence-electron chi connectivity index (χ2n) is 6.94. The lowest BCUT2D eigenvalue weighted by Gasteiger charge is -2.33. The van der Waals surface area contributed by atoms with Crippen LogP contribution in [0.4, 0.5) is 0 Å². The van der Waals surface area contributed by atoms with E-state index in [0.717, 1.165) is 10.9 Å². The normalized spacial score (nSPS) is 19.7. The molecule has 0 radical (unpaired) electrons. The number of H-pyrrole nitrogens is 1. The van der Waals surface area contributed by atoms with Crippen molar-refractivity contribution in [2.75, 3.05) is 18.1 Å². The number of rotatable bonds is 6. The quantitative estimate of drug-likeness (QED) is 0.760. The highest BCUT2D eigenvalue weighted by atomic mass is 32.2. The average molecular weight is 392 g/mol. The highest BCUT2D eigenvalue weighted by Gasteiger charge is 2.36. The Morgan fingerprint density at radius 3 is 2.74 bits per heavy atom. The fraction of sp³-hybridized carbons (Fsp3) is 0.474. The Labute approximate surface area is 158 Å². The number of benzene rings is 1. The number of nitrogens with one attached hydrogen (secondary N) is 1. The molecule has 27 heavy (non-hydrogen) atoms. The molecule has 1 aliphatic heterocycles. The summed E-state index contributed by atoms with van der Waals surface area (Å²) in [6, 6.07) is 6.86. The molecule has 0 saturated carbocycles. The number of ether oxygens (including phenoxy) is 1. The van der Waals surface area contributed by atoms with Crippen LogP contribution in [0.25, 0.3) is 10.9 Å². The average Bonchev–Trinajstić information content (AvgIpc) is 3.23. The minimum absolute atomic E-state index is 0.0283. The third kappa shape index (κ3) is 4.16. The van der Waals surface area contributed by atoms with Gasteiger partial charge < -0.3 is 14.6 Å². The summed E-state index contributed by atoms with van der Waals surface area (Å²) in [6.45, 7) is 3.41. The first kappa shape index (κ1) is 19.4. The van der Waals surface area contributed by atoms with E-state index in [4.69, 9.17) is 4.74 Å². The summed E-state index contributed by atoms with van der Waals surface area (Å²) in [5, 5.41) is 0.732. The summed E-state index contributed by atoms with van der Waals surface area (Å²) in [7, 11) is -3.11. The minimum atomic E-state index is -3.11. The Morgan fingerprint density at radius 2 is 2.07 bits per heavy atom. The predicted octanol–water partition coefficient (Wildman–Crippen LogP) is 2.14. The van der Waals surface area contributed by atoms with Crippen LogP contribution in [-0.2, 0) is 19.4 Å². The minimum Gasteiger partial charge on any atom is -0.452 e. The number of esters is 1. The van der Waals surface area contributed by atoms with Crippen molar-refractivity contribution < 1.29 is 22.7 Å². The van der Waals surface area contributed by atoms with E-state index in [9.17, 15) is 18.0 Å². The standard InChI is InChI=1S/C19H24N2O5S/c1-3-13(2)21(14-8-9-27(24,25)12-14)18(22)11-26-19(23)16-10-20-17-7-5-4-6-15(16)17/h4-7,10,13-14,20H,3,8-9,11-12H2,1-2H3/t13-,14+/m1/s1. The monoisotopic (exact) mass is 392 g/mol. The van der Waals surface area contributed by atoms with E-state index in [1.807, 2.05) is 32.0 Å². The largest absolute Gasteiger partial charge is 0.452 e. The van der Waals surface area contributed by atoms with Crippen LogP contribution in [0.5, 0.6) is 0 Å². The van der Waals surface area contributed by atoms with E-state index in [-0.39, 0.29) is 29.5 Å². The lowest BCUT2D eigenvalue weighted by molar-refractivity contribution is -0.138. The van der Waals surface area contributed by atoms with E-state index < -0.39 is 22.4 Å². The molecule has 1 aliphatic rings. The molecule has 1 fully saturated rings. The molecule has 3 rings (SSSR count). The third-order valence-electron chi connectivity index (χ3n) is 5.09.